The van der Waals surface area contributed by atoms with E-state index in [1.165, 1.54) is 17.6 Å². The van der Waals surface area contributed by atoms with Gasteiger partial charge in [0.2, 0.25) is 5.91 Å². The first-order valence-corrected chi connectivity index (χ1v) is 7.28. The standard InChI is InChI=1S/C15H14N2O4S/c18-14(8-13-2-1-7-22-13)17-16-9-11-3-5-12(6-4-11)21-10-15(19)20/h1-7,9H,8,10H2,(H,17,18)(H,19,20)/p-1/b16-9-. The van der Waals surface area contributed by atoms with Crippen molar-refractivity contribution in [2.24, 2.45) is 5.10 Å². The summed E-state index contributed by atoms with van der Waals surface area (Å²) in [7, 11) is 0. The summed E-state index contributed by atoms with van der Waals surface area (Å²) in [5, 5.41) is 16.0. The van der Waals surface area contributed by atoms with Crippen LogP contribution in [0, 0.1) is 0 Å². The zero-order valence-corrected chi connectivity index (χ0v) is 12.3. The first kappa shape index (κ1) is 15.7. The quantitative estimate of drug-likeness (QED) is 0.597. The molecule has 1 aromatic heterocycles. The van der Waals surface area contributed by atoms with Crippen LogP contribution in [-0.4, -0.2) is 24.7 Å². The van der Waals surface area contributed by atoms with E-state index in [1.54, 1.807) is 24.3 Å². The Morgan fingerprint density at radius 3 is 2.68 bits per heavy atom. The minimum absolute atomic E-state index is 0.187. The number of ether oxygens (including phenoxy) is 1. The van der Waals surface area contributed by atoms with Crippen molar-refractivity contribution in [2.45, 2.75) is 6.42 Å². The van der Waals surface area contributed by atoms with Crippen LogP contribution in [0.2, 0.25) is 0 Å². The van der Waals surface area contributed by atoms with Crippen LogP contribution in [0.25, 0.3) is 0 Å². The molecule has 1 N–H and O–H groups in total. The molecule has 0 saturated heterocycles. The molecule has 0 bridgehead atoms. The van der Waals surface area contributed by atoms with Crippen molar-refractivity contribution in [1.82, 2.24) is 5.43 Å². The Bertz CT molecular complexity index is 651. The normalized spacial score (nSPS) is 10.5. The highest BCUT2D eigenvalue weighted by Gasteiger charge is 2.02. The minimum Gasteiger partial charge on any atom is -0.546 e. The van der Waals surface area contributed by atoms with Crippen molar-refractivity contribution in [1.29, 1.82) is 0 Å². The third kappa shape index (κ3) is 5.37. The molecule has 2 rings (SSSR count). The number of carboxylic acids is 1. The van der Waals surface area contributed by atoms with Gasteiger partial charge in [-0.05, 0) is 41.3 Å². The van der Waals surface area contributed by atoms with Crippen molar-refractivity contribution in [2.75, 3.05) is 6.61 Å². The van der Waals surface area contributed by atoms with E-state index < -0.39 is 12.6 Å². The van der Waals surface area contributed by atoms with Crippen molar-refractivity contribution >= 4 is 29.4 Å². The van der Waals surface area contributed by atoms with E-state index in [-0.39, 0.29) is 5.91 Å². The summed E-state index contributed by atoms with van der Waals surface area (Å²) >= 11 is 1.52. The molecule has 0 unspecified atom stereocenters. The number of nitrogens with zero attached hydrogens (tertiary/aromatic N) is 1. The van der Waals surface area contributed by atoms with Crippen LogP contribution in [-0.2, 0) is 16.0 Å². The van der Waals surface area contributed by atoms with Crippen molar-refractivity contribution in [3.8, 4) is 5.75 Å². The number of amides is 1. The molecule has 1 amide bonds. The number of hydrogen-bond donors (Lipinski definition) is 1. The number of hydrazone groups is 1. The van der Waals surface area contributed by atoms with Gasteiger partial charge in [0.05, 0.1) is 18.6 Å². The van der Waals surface area contributed by atoms with Crippen LogP contribution in [0.15, 0.2) is 46.9 Å². The molecule has 6 nitrogen and oxygen atoms in total. The van der Waals surface area contributed by atoms with Gasteiger partial charge in [-0.25, -0.2) is 5.43 Å². The number of carbonyl (C=O) groups is 2. The Hall–Kier alpha value is -2.67. The predicted molar refractivity (Wildman–Crippen MR) is 80.7 cm³/mol. The van der Waals surface area contributed by atoms with E-state index in [1.807, 2.05) is 17.5 Å². The maximum Gasteiger partial charge on any atom is 0.245 e. The zero-order valence-electron chi connectivity index (χ0n) is 11.5. The van der Waals surface area contributed by atoms with E-state index in [0.29, 0.717) is 12.2 Å². The van der Waals surface area contributed by atoms with Gasteiger partial charge in [0, 0.05) is 4.88 Å². The van der Waals surface area contributed by atoms with Crippen molar-refractivity contribution in [3.63, 3.8) is 0 Å². The van der Waals surface area contributed by atoms with Crippen LogP contribution in [0.3, 0.4) is 0 Å². The molecule has 0 aliphatic heterocycles. The van der Waals surface area contributed by atoms with Crippen LogP contribution < -0.4 is 15.3 Å². The van der Waals surface area contributed by atoms with Gasteiger partial charge in [0.15, 0.2) is 0 Å². The lowest BCUT2D eigenvalue weighted by Crippen LogP contribution is -2.28. The molecule has 0 atom stereocenters. The summed E-state index contributed by atoms with van der Waals surface area (Å²) in [6.45, 7) is -0.494. The molecular formula is C15H13N2O4S-. The Labute approximate surface area is 131 Å². The number of nitrogens with one attached hydrogen (secondary N) is 1. The van der Waals surface area contributed by atoms with E-state index in [4.69, 9.17) is 4.74 Å². The van der Waals surface area contributed by atoms with Crippen LogP contribution in [0.1, 0.15) is 10.4 Å². The largest absolute Gasteiger partial charge is 0.546 e. The molecule has 0 spiro atoms. The summed E-state index contributed by atoms with van der Waals surface area (Å²) in [5.41, 5.74) is 3.19. The van der Waals surface area contributed by atoms with Gasteiger partial charge in [0.1, 0.15) is 12.4 Å². The summed E-state index contributed by atoms with van der Waals surface area (Å²) in [6.07, 6.45) is 1.79. The average Bonchev–Trinajstić information content (AvgIpc) is 2.99. The lowest BCUT2D eigenvalue weighted by Gasteiger charge is -2.06. The van der Waals surface area contributed by atoms with Gasteiger partial charge in [-0.2, -0.15) is 5.10 Å². The Morgan fingerprint density at radius 2 is 2.05 bits per heavy atom. The maximum atomic E-state index is 11.6. The van der Waals surface area contributed by atoms with Crippen molar-refractivity contribution in [3.05, 3.63) is 52.2 Å². The lowest BCUT2D eigenvalue weighted by molar-refractivity contribution is -0.307. The molecule has 22 heavy (non-hydrogen) atoms. The maximum absolute atomic E-state index is 11.6. The highest BCUT2D eigenvalue weighted by molar-refractivity contribution is 7.10. The number of carboxylic acid groups (broad SMARTS) is 1. The Balaban J connectivity index is 1.80. The van der Waals surface area contributed by atoms with Gasteiger partial charge in [-0.3, -0.25) is 4.79 Å². The first-order valence-electron chi connectivity index (χ1n) is 6.40. The van der Waals surface area contributed by atoms with Crippen molar-refractivity contribution < 1.29 is 19.4 Å². The van der Waals surface area contributed by atoms with Gasteiger partial charge in [0.25, 0.3) is 0 Å². The molecule has 2 aromatic rings. The van der Waals surface area contributed by atoms with Crippen LogP contribution in [0.4, 0.5) is 0 Å². The fourth-order valence-electron chi connectivity index (χ4n) is 1.58. The third-order valence-corrected chi connectivity index (χ3v) is 3.43. The molecule has 114 valence electrons. The SMILES string of the molecule is O=C([O-])COc1ccc(/C=N\NC(=O)Cc2cccs2)cc1. The summed E-state index contributed by atoms with van der Waals surface area (Å²) in [5.74, 6) is -1.05. The third-order valence-electron chi connectivity index (χ3n) is 2.55. The second kappa shape index (κ2) is 7.94. The number of aliphatic carboxylic acids is 1. The predicted octanol–water partition coefficient (Wildman–Crippen LogP) is 0.570. The van der Waals surface area contributed by atoms with Gasteiger partial charge >= 0.3 is 0 Å². The van der Waals surface area contributed by atoms with Gasteiger partial charge < -0.3 is 14.6 Å². The molecule has 1 aromatic carbocycles. The van der Waals surface area contributed by atoms with E-state index in [0.717, 1.165) is 10.4 Å². The number of thiophene rings is 1. The molecule has 1 heterocycles. The summed E-state index contributed by atoms with van der Waals surface area (Å²) in [4.78, 5) is 22.8. The molecule has 0 aliphatic carbocycles. The molecule has 0 saturated carbocycles. The lowest BCUT2D eigenvalue weighted by atomic mass is 10.2. The first-order chi connectivity index (χ1) is 10.6. The highest BCUT2D eigenvalue weighted by Crippen LogP contribution is 2.11. The van der Waals surface area contributed by atoms with E-state index in [9.17, 15) is 14.7 Å². The minimum atomic E-state index is -1.28. The highest BCUT2D eigenvalue weighted by atomic mass is 32.1. The van der Waals surface area contributed by atoms with Crippen LogP contribution in [0.5, 0.6) is 5.75 Å². The van der Waals surface area contributed by atoms with E-state index in [2.05, 4.69) is 10.5 Å². The summed E-state index contributed by atoms with van der Waals surface area (Å²) < 4.78 is 4.95. The molecular weight excluding hydrogens is 304 g/mol. The van der Waals surface area contributed by atoms with Gasteiger partial charge in [-0.1, -0.05) is 6.07 Å². The molecule has 0 fully saturated rings. The Kier molecular flexibility index (Phi) is 5.67. The van der Waals surface area contributed by atoms with Gasteiger partial charge in [-0.15, -0.1) is 11.3 Å². The second-order valence-corrected chi connectivity index (χ2v) is 5.31. The molecule has 7 heteroatoms. The molecule has 0 radical (unpaired) electrons. The Morgan fingerprint density at radius 1 is 1.27 bits per heavy atom. The monoisotopic (exact) mass is 317 g/mol. The van der Waals surface area contributed by atoms with E-state index >= 15 is 0 Å². The van der Waals surface area contributed by atoms with Crippen LogP contribution >= 0.6 is 11.3 Å². The topological polar surface area (TPSA) is 90.8 Å². The zero-order chi connectivity index (χ0) is 15.8. The average molecular weight is 317 g/mol. The number of hydrogen-bond acceptors (Lipinski definition) is 6. The number of carbonyl (C=O) groups excluding carboxylic acids is 2. The fourth-order valence-corrected chi connectivity index (χ4v) is 2.29. The number of rotatable bonds is 7. The summed E-state index contributed by atoms with van der Waals surface area (Å²) in [6, 6.07) is 10.4. The molecule has 0 aliphatic rings. The number of benzene rings is 1. The fraction of sp³-hybridized carbons (Fsp3) is 0.133. The second-order valence-electron chi connectivity index (χ2n) is 4.28. The smallest absolute Gasteiger partial charge is 0.245 e.